The largest absolute Gasteiger partial charge is 0.493 e. The first-order valence-electron chi connectivity index (χ1n) is 12.1. The van der Waals surface area contributed by atoms with Crippen molar-refractivity contribution in [2.75, 3.05) is 6.61 Å². The van der Waals surface area contributed by atoms with Crippen LogP contribution in [0.4, 0.5) is 5.69 Å². The molecule has 0 aliphatic carbocycles. The fourth-order valence-electron chi connectivity index (χ4n) is 4.37. The highest BCUT2D eigenvalue weighted by atomic mass is 32.1. The standard InChI is InChI=1S/C28H29N5O2S/c1-6-8-25-30-18(4)26-28(34)31-27(32-33(25)26)22-16-20(10-12-24(22)35-7-2)15-21(36)14-19-9-11-23(29-5)17(3)13-19/h9-13,16H,6-8,14-15H2,1-4H3,(H,31,32,34). The van der Waals surface area contributed by atoms with Crippen LogP contribution in [0, 0.1) is 20.4 Å². The molecule has 184 valence electrons. The predicted molar refractivity (Wildman–Crippen MR) is 146 cm³/mol. The Morgan fingerprint density at radius 3 is 2.53 bits per heavy atom. The van der Waals surface area contributed by atoms with E-state index in [1.807, 2.05) is 57.2 Å². The van der Waals surface area contributed by atoms with Crippen molar-refractivity contribution in [1.82, 2.24) is 19.6 Å². The number of fused-ring (bicyclic) bond motifs is 1. The van der Waals surface area contributed by atoms with Crippen molar-refractivity contribution in [1.29, 1.82) is 0 Å². The van der Waals surface area contributed by atoms with Crippen molar-refractivity contribution >= 4 is 28.3 Å². The van der Waals surface area contributed by atoms with E-state index in [0.29, 0.717) is 53.5 Å². The predicted octanol–water partition coefficient (Wildman–Crippen LogP) is 5.76. The van der Waals surface area contributed by atoms with Crippen molar-refractivity contribution in [2.45, 2.75) is 53.4 Å². The maximum absolute atomic E-state index is 13.0. The number of aryl methyl sites for hydroxylation is 3. The van der Waals surface area contributed by atoms with Gasteiger partial charge in [0.25, 0.3) is 5.56 Å². The highest BCUT2D eigenvalue weighted by Gasteiger charge is 2.17. The van der Waals surface area contributed by atoms with Crippen molar-refractivity contribution in [3.8, 4) is 17.1 Å². The quantitative estimate of drug-likeness (QED) is 0.234. The van der Waals surface area contributed by atoms with Crippen LogP contribution in [0.25, 0.3) is 21.7 Å². The summed E-state index contributed by atoms with van der Waals surface area (Å²) in [7, 11) is 0. The molecule has 0 fully saturated rings. The van der Waals surface area contributed by atoms with Gasteiger partial charge in [0.2, 0.25) is 0 Å². The highest BCUT2D eigenvalue weighted by molar-refractivity contribution is 7.80. The molecule has 0 aliphatic heterocycles. The van der Waals surface area contributed by atoms with Crippen LogP contribution in [0.15, 0.2) is 41.2 Å². The number of nitrogens with one attached hydrogen (secondary N) is 1. The molecule has 0 spiro atoms. The minimum absolute atomic E-state index is 0.228. The Hall–Kier alpha value is -3.83. The SMILES string of the molecule is [C-]#[N+]c1ccc(CC(=S)Cc2ccc(OCC)c(-c3nn4c(CCC)nc(C)c4c(=O)[nH]3)c2)cc1C. The lowest BCUT2D eigenvalue weighted by Crippen LogP contribution is -2.16. The lowest BCUT2D eigenvalue weighted by atomic mass is 10.00. The van der Waals surface area contributed by atoms with E-state index < -0.39 is 0 Å². The van der Waals surface area contributed by atoms with E-state index in [1.165, 1.54) is 0 Å². The van der Waals surface area contributed by atoms with E-state index in [2.05, 4.69) is 21.7 Å². The second-order valence-electron chi connectivity index (χ2n) is 8.81. The Morgan fingerprint density at radius 2 is 1.86 bits per heavy atom. The second kappa shape index (κ2) is 10.8. The van der Waals surface area contributed by atoms with Gasteiger partial charge in [-0.2, -0.15) is 0 Å². The Balaban J connectivity index is 1.68. The number of H-pyrrole nitrogens is 1. The third kappa shape index (κ3) is 5.21. The van der Waals surface area contributed by atoms with E-state index in [1.54, 1.807) is 4.52 Å². The number of aromatic nitrogens is 4. The fraction of sp³-hybridized carbons (Fsp3) is 0.321. The van der Waals surface area contributed by atoms with Gasteiger partial charge in [0.05, 0.1) is 24.4 Å². The summed E-state index contributed by atoms with van der Waals surface area (Å²) in [5.74, 6) is 1.85. The molecule has 2 aromatic carbocycles. The smallest absolute Gasteiger partial charge is 0.277 e. The normalized spacial score (nSPS) is 11.0. The summed E-state index contributed by atoms with van der Waals surface area (Å²) in [5, 5.41) is 4.76. The Bertz CT molecular complexity index is 1540. The van der Waals surface area contributed by atoms with Crippen LogP contribution in [-0.4, -0.2) is 31.1 Å². The van der Waals surface area contributed by atoms with Crippen LogP contribution in [0.1, 0.15) is 48.5 Å². The van der Waals surface area contributed by atoms with Gasteiger partial charge < -0.3 is 9.72 Å². The van der Waals surface area contributed by atoms with Crippen molar-refractivity contribution in [2.24, 2.45) is 0 Å². The monoisotopic (exact) mass is 499 g/mol. The first-order valence-corrected chi connectivity index (χ1v) is 12.5. The van der Waals surface area contributed by atoms with Gasteiger partial charge in [-0.1, -0.05) is 43.4 Å². The number of nitrogens with zero attached hydrogens (tertiary/aromatic N) is 4. The molecule has 0 radical (unpaired) electrons. The molecule has 0 amide bonds. The molecular weight excluding hydrogens is 470 g/mol. The molecule has 0 atom stereocenters. The highest BCUT2D eigenvalue weighted by Crippen LogP contribution is 2.29. The molecule has 1 N–H and O–H groups in total. The van der Waals surface area contributed by atoms with Crippen LogP contribution in [0.3, 0.4) is 0 Å². The van der Waals surface area contributed by atoms with Crippen molar-refractivity contribution in [3.05, 3.63) is 86.4 Å². The molecule has 0 aliphatic rings. The third-order valence-corrected chi connectivity index (χ3v) is 6.29. The van der Waals surface area contributed by atoms with Crippen LogP contribution in [0.2, 0.25) is 0 Å². The minimum Gasteiger partial charge on any atom is -0.493 e. The number of imidazole rings is 1. The summed E-state index contributed by atoms with van der Waals surface area (Å²) in [6.45, 7) is 15.5. The van der Waals surface area contributed by atoms with Crippen molar-refractivity contribution < 1.29 is 4.74 Å². The zero-order valence-electron chi connectivity index (χ0n) is 21.0. The van der Waals surface area contributed by atoms with E-state index in [4.69, 9.17) is 28.6 Å². The van der Waals surface area contributed by atoms with Crippen LogP contribution < -0.4 is 10.3 Å². The zero-order valence-corrected chi connectivity index (χ0v) is 21.8. The second-order valence-corrected chi connectivity index (χ2v) is 9.39. The number of aromatic amines is 1. The molecule has 0 bridgehead atoms. The Morgan fingerprint density at radius 1 is 1.14 bits per heavy atom. The minimum atomic E-state index is -0.228. The summed E-state index contributed by atoms with van der Waals surface area (Å²) in [6, 6.07) is 11.7. The van der Waals surface area contributed by atoms with Gasteiger partial charge in [0.15, 0.2) is 17.0 Å². The molecule has 2 aromatic heterocycles. The van der Waals surface area contributed by atoms with Gasteiger partial charge in [0.1, 0.15) is 11.6 Å². The first-order chi connectivity index (χ1) is 17.3. The summed E-state index contributed by atoms with van der Waals surface area (Å²) in [5.41, 5.74) is 5.33. The molecule has 0 unspecified atom stereocenters. The van der Waals surface area contributed by atoms with Gasteiger partial charge >= 0.3 is 0 Å². The average Bonchev–Trinajstić information content (AvgIpc) is 3.16. The zero-order chi connectivity index (χ0) is 25.8. The van der Waals surface area contributed by atoms with E-state index in [0.717, 1.165) is 40.2 Å². The van der Waals surface area contributed by atoms with Crippen LogP contribution >= 0.6 is 12.2 Å². The third-order valence-electron chi connectivity index (χ3n) is 6.00. The Labute approximate surface area is 216 Å². The lowest BCUT2D eigenvalue weighted by molar-refractivity contribution is 0.341. The number of rotatable bonds is 9. The van der Waals surface area contributed by atoms with E-state index in [9.17, 15) is 4.79 Å². The molecule has 0 saturated heterocycles. The fourth-order valence-corrected chi connectivity index (χ4v) is 4.70. The number of ether oxygens (including phenoxy) is 1. The molecule has 36 heavy (non-hydrogen) atoms. The molecule has 8 heteroatoms. The van der Waals surface area contributed by atoms with Crippen molar-refractivity contribution in [3.63, 3.8) is 0 Å². The summed E-state index contributed by atoms with van der Waals surface area (Å²) in [6.07, 6.45) is 2.87. The van der Waals surface area contributed by atoms with Gasteiger partial charge in [-0.3, -0.25) is 4.79 Å². The lowest BCUT2D eigenvalue weighted by Gasteiger charge is -2.13. The Kier molecular flexibility index (Phi) is 7.61. The molecule has 2 heterocycles. The van der Waals surface area contributed by atoms with Gasteiger partial charge in [-0.15, -0.1) is 5.10 Å². The summed E-state index contributed by atoms with van der Waals surface area (Å²) >= 11 is 5.72. The maximum Gasteiger partial charge on any atom is 0.277 e. The topological polar surface area (TPSA) is 76.6 Å². The average molecular weight is 500 g/mol. The van der Waals surface area contributed by atoms with E-state index >= 15 is 0 Å². The van der Waals surface area contributed by atoms with Gasteiger partial charge in [-0.25, -0.2) is 14.3 Å². The first kappa shape index (κ1) is 25.3. The number of thiocarbonyl (C=S) groups is 1. The molecule has 4 rings (SSSR count). The van der Waals surface area contributed by atoms with Crippen LogP contribution in [0.5, 0.6) is 5.75 Å². The van der Waals surface area contributed by atoms with Gasteiger partial charge in [0, 0.05) is 24.1 Å². The molecule has 4 aromatic rings. The summed E-state index contributed by atoms with van der Waals surface area (Å²) in [4.78, 5) is 24.9. The molecule has 7 nitrogen and oxygen atoms in total. The van der Waals surface area contributed by atoms with Crippen LogP contribution in [-0.2, 0) is 19.3 Å². The maximum atomic E-state index is 13.0. The number of hydrogen-bond donors (Lipinski definition) is 1. The van der Waals surface area contributed by atoms with Gasteiger partial charge in [-0.05, 0) is 56.0 Å². The number of hydrogen-bond acceptors (Lipinski definition) is 5. The number of benzene rings is 2. The molecule has 0 saturated carbocycles. The van der Waals surface area contributed by atoms with E-state index in [-0.39, 0.29) is 5.56 Å². The summed E-state index contributed by atoms with van der Waals surface area (Å²) < 4.78 is 7.53. The molecular formula is C28H29N5O2S.